The molecule has 2 aliphatic rings. The molecule has 3 atom stereocenters. The van der Waals surface area contributed by atoms with Crippen molar-refractivity contribution in [3.8, 4) is 17.2 Å². The number of carbonyl (C=O) groups is 2. The van der Waals surface area contributed by atoms with Gasteiger partial charge in [-0.3, -0.25) is 19.3 Å². The van der Waals surface area contributed by atoms with Gasteiger partial charge in [0.1, 0.15) is 0 Å². The van der Waals surface area contributed by atoms with E-state index in [2.05, 4.69) is 19.9 Å². The van der Waals surface area contributed by atoms with Crippen LogP contribution in [-0.2, 0) is 14.4 Å². The molecule has 0 spiro atoms. The molecule has 1 fully saturated rings. The predicted molar refractivity (Wildman–Crippen MR) is 140 cm³/mol. The second-order valence-electron chi connectivity index (χ2n) is 10.4. The second kappa shape index (κ2) is 12.6. The Hall–Kier alpha value is -2.78. The lowest BCUT2D eigenvalue weighted by Gasteiger charge is -2.33. The Labute approximate surface area is 220 Å². The van der Waals surface area contributed by atoms with E-state index in [1.54, 1.807) is 7.11 Å². The molecule has 0 bridgehead atoms. The van der Waals surface area contributed by atoms with Gasteiger partial charge in [-0.25, -0.2) is 5.06 Å². The van der Waals surface area contributed by atoms with Gasteiger partial charge in [0.25, 0.3) is 5.91 Å². The number of rotatable bonds is 13. The van der Waals surface area contributed by atoms with Gasteiger partial charge in [-0.15, -0.1) is 0 Å². The van der Waals surface area contributed by atoms with E-state index in [4.69, 9.17) is 19.0 Å². The molecule has 1 aromatic rings. The molecular weight excluding hydrogens is 476 g/mol. The monoisotopic (exact) mass is 518 g/mol. The highest BCUT2D eigenvalue weighted by molar-refractivity contribution is 5.78. The maximum Gasteiger partial charge on any atom is 0.308 e. The molecule has 37 heavy (non-hydrogen) atoms. The average molecular weight is 519 g/mol. The average Bonchev–Trinajstić information content (AvgIpc) is 3.45. The van der Waals surface area contributed by atoms with Gasteiger partial charge in [0.15, 0.2) is 11.5 Å². The van der Waals surface area contributed by atoms with Crippen LogP contribution >= 0.6 is 0 Å². The summed E-state index contributed by atoms with van der Waals surface area (Å²) in [5, 5.41) is 11.9. The molecule has 3 rings (SSSR count). The van der Waals surface area contributed by atoms with E-state index in [0.29, 0.717) is 43.4 Å². The van der Waals surface area contributed by atoms with Gasteiger partial charge < -0.3 is 19.3 Å². The smallest absolute Gasteiger partial charge is 0.308 e. The number of nitrogens with zero attached hydrogens (tertiary/aromatic N) is 2. The SMILES string of the molecule is C/C=C/C(C)(C)CC1C(C(=O)O)C(c2cc(OC)c3c(c2)OCO3)CN1CC(=O)N(CCC)OCCC. The number of ether oxygens (including phenoxy) is 3. The van der Waals surface area contributed by atoms with Crippen molar-refractivity contribution in [1.29, 1.82) is 0 Å². The minimum atomic E-state index is -0.884. The van der Waals surface area contributed by atoms with Crippen molar-refractivity contribution in [2.75, 3.05) is 40.1 Å². The highest BCUT2D eigenvalue weighted by Crippen LogP contribution is 2.48. The number of fused-ring (bicyclic) bond motifs is 1. The van der Waals surface area contributed by atoms with E-state index in [0.717, 1.165) is 18.4 Å². The second-order valence-corrected chi connectivity index (χ2v) is 10.4. The van der Waals surface area contributed by atoms with Gasteiger partial charge in [0, 0.05) is 25.0 Å². The molecule has 3 unspecified atom stereocenters. The van der Waals surface area contributed by atoms with Crippen molar-refractivity contribution in [3.05, 3.63) is 29.8 Å². The van der Waals surface area contributed by atoms with E-state index in [-0.39, 0.29) is 36.6 Å². The molecule has 2 aliphatic heterocycles. The maximum atomic E-state index is 13.3. The van der Waals surface area contributed by atoms with E-state index in [9.17, 15) is 14.7 Å². The molecule has 1 aromatic carbocycles. The number of benzene rings is 1. The Morgan fingerprint density at radius 3 is 2.62 bits per heavy atom. The molecule has 9 heteroatoms. The maximum absolute atomic E-state index is 13.3. The van der Waals surface area contributed by atoms with Crippen LogP contribution in [0.15, 0.2) is 24.3 Å². The Morgan fingerprint density at radius 2 is 2.00 bits per heavy atom. The Kier molecular flexibility index (Phi) is 9.84. The van der Waals surface area contributed by atoms with Crippen molar-refractivity contribution in [2.24, 2.45) is 11.3 Å². The van der Waals surface area contributed by atoms with Crippen molar-refractivity contribution in [3.63, 3.8) is 0 Å². The lowest BCUT2D eigenvalue weighted by atomic mass is 9.77. The minimum absolute atomic E-state index is 0.0856. The number of carboxylic acid groups (broad SMARTS) is 1. The van der Waals surface area contributed by atoms with Crippen LogP contribution in [0.5, 0.6) is 17.2 Å². The van der Waals surface area contributed by atoms with E-state index >= 15 is 0 Å². The third kappa shape index (κ3) is 6.76. The number of hydrogen-bond acceptors (Lipinski definition) is 7. The first-order valence-corrected chi connectivity index (χ1v) is 13.2. The molecule has 0 radical (unpaired) electrons. The lowest BCUT2D eigenvalue weighted by Crippen LogP contribution is -2.45. The number of carbonyl (C=O) groups excluding carboxylic acids is 1. The van der Waals surface area contributed by atoms with E-state index in [1.165, 1.54) is 5.06 Å². The van der Waals surface area contributed by atoms with Crippen LogP contribution in [0.25, 0.3) is 0 Å². The van der Waals surface area contributed by atoms with E-state index < -0.39 is 11.9 Å². The molecule has 206 valence electrons. The number of allylic oxidation sites excluding steroid dienone is 2. The molecule has 1 amide bonds. The first-order chi connectivity index (χ1) is 17.6. The molecule has 1 N–H and O–H groups in total. The first-order valence-electron chi connectivity index (χ1n) is 13.2. The normalized spacial score (nSPS) is 21.5. The number of hydrogen-bond donors (Lipinski definition) is 1. The fourth-order valence-electron chi connectivity index (χ4n) is 5.42. The fourth-order valence-corrected chi connectivity index (χ4v) is 5.42. The number of aliphatic carboxylic acids is 1. The predicted octanol–water partition coefficient (Wildman–Crippen LogP) is 4.47. The Morgan fingerprint density at radius 1 is 1.24 bits per heavy atom. The van der Waals surface area contributed by atoms with Crippen molar-refractivity contribution in [2.45, 2.75) is 65.8 Å². The molecular formula is C28H42N2O7. The number of hydroxylamine groups is 2. The summed E-state index contributed by atoms with van der Waals surface area (Å²) in [6, 6.07) is 3.32. The third-order valence-electron chi connectivity index (χ3n) is 6.99. The summed E-state index contributed by atoms with van der Waals surface area (Å²) in [6.07, 6.45) is 6.24. The summed E-state index contributed by atoms with van der Waals surface area (Å²) in [7, 11) is 1.55. The zero-order chi connectivity index (χ0) is 27.2. The van der Waals surface area contributed by atoms with Gasteiger partial charge in [-0.2, -0.15) is 0 Å². The summed E-state index contributed by atoms with van der Waals surface area (Å²) in [5.41, 5.74) is 0.544. The summed E-state index contributed by atoms with van der Waals surface area (Å²) in [6.45, 7) is 11.7. The van der Waals surface area contributed by atoms with Gasteiger partial charge in [0.05, 0.1) is 26.2 Å². The lowest BCUT2D eigenvalue weighted by molar-refractivity contribution is -0.188. The van der Waals surface area contributed by atoms with Crippen molar-refractivity contribution >= 4 is 11.9 Å². The minimum Gasteiger partial charge on any atom is -0.493 e. The Bertz CT molecular complexity index is 978. The Balaban J connectivity index is 1.98. The van der Waals surface area contributed by atoms with Gasteiger partial charge in [0.2, 0.25) is 12.5 Å². The van der Waals surface area contributed by atoms with Crippen LogP contribution in [0.3, 0.4) is 0 Å². The summed E-state index contributed by atoms with van der Waals surface area (Å²) in [4.78, 5) is 33.9. The van der Waals surface area contributed by atoms with Crippen molar-refractivity contribution < 1.29 is 33.7 Å². The van der Waals surface area contributed by atoms with Crippen LogP contribution in [0.2, 0.25) is 0 Å². The third-order valence-corrected chi connectivity index (χ3v) is 6.99. The number of amides is 1. The molecule has 9 nitrogen and oxygen atoms in total. The molecule has 0 saturated carbocycles. The molecule has 0 aromatic heterocycles. The highest BCUT2D eigenvalue weighted by atomic mass is 16.7. The molecule has 1 saturated heterocycles. The fraction of sp³-hybridized carbons (Fsp3) is 0.643. The van der Waals surface area contributed by atoms with Gasteiger partial charge in [-0.05, 0) is 49.3 Å². The van der Waals surface area contributed by atoms with Crippen LogP contribution < -0.4 is 14.2 Å². The van der Waals surface area contributed by atoms with Crippen molar-refractivity contribution in [1.82, 2.24) is 9.96 Å². The standard InChI is InChI=1S/C28H42N2O7/c1-7-10-28(4,5)15-21-25(27(32)33)20(19-13-22(34-6)26-23(14-19)35-18-36-26)16-29(21)17-24(31)30(11-8-2)37-12-9-3/h7,10,13-14,20-21,25H,8-9,11-12,15-18H2,1-6H3,(H,32,33)/b10-7+. The largest absolute Gasteiger partial charge is 0.493 e. The van der Waals surface area contributed by atoms with Crippen LogP contribution in [0, 0.1) is 11.3 Å². The molecule has 2 heterocycles. The van der Waals surface area contributed by atoms with E-state index in [1.807, 2.05) is 43.9 Å². The summed E-state index contributed by atoms with van der Waals surface area (Å²) < 4.78 is 16.7. The summed E-state index contributed by atoms with van der Waals surface area (Å²) >= 11 is 0. The quantitative estimate of drug-likeness (QED) is 0.302. The first kappa shape index (κ1) is 28.8. The van der Waals surface area contributed by atoms with Crippen LogP contribution in [0.1, 0.15) is 65.4 Å². The summed E-state index contributed by atoms with van der Waals surface area (Å²) in [5.74, 6) is -0.549. The van der Waals surface area contributed by atoms with Crippen LogP contribution in [0.4, 0.5) is 0 Å². The number of carboxylic acids is 1. The van der Waals surface area contributed by atoms with Gasteiger partial charge >= 0.3 is 5.97 Å². The zero-order valence-electron chi connectivity index (χ0n) is 23.0. The van der Waals surface area contributed by atoms with Gasteiger partial charge in [-0.1, -0.05) is 39.8 Å². The topological polar surface area (TPSA) is 97.8 Å². The number of methoxy groups -OCH3 is 1. The highest BCUT2D eigenvalue weighted by Gasteiger charge is 2.49. The number of likely N-dealkylation sites (tertiary alicyclic amines) is 1. The van der Waals surface area contributed by atoms with Crippen LogP contribution in [-0.4, -0.2) is 73.1 Å². The molecule has 0 aliphatic carbocycles. The zero-order valence-corrected chi connectivity index (χ0v) is 23.0.